The van der Waals surface area contributed by atoms with Gasteiger partial charge in [0.25, 0.3) is 0 Å². The van der Waals surface area contributed by atoms with Crippen LogP contribution >= 0.6 is 0 Å². The van der Waals surface area contributed by atoms with E-state index in [-0.39, 0.29) is 18.2 Å². The Morgan fingerprint density at radius 1 is 1.38 bits per heavy atom. The predicted molar refractivity (Wildman–Crippen MR) is 62.0 cm³/mol. The fourth-order valence-corrected chi connectivity index (χ4v) is 1.62. The van der Waals surface area contributed by atoms with Crippen molar-refractivity contribution in [3.63, 3.8) is 0 Å². The predicted octanol–water partition coefficient (Wildman–Crippen LogP) is 1.34. The van der Waals surface area contributed by atoms with Crippen molar-refractivity contribution in [1.82, 2.24) is 0 Å². The van der Waals surface area contributed by atoms with Crippen LogP contribution in [0.4, 0.5) is 0 Å². The SMILES string of the molecule is COc1ccc(C(CN)C(C)=O)c(OC)c1. The van der Waals surface area contributed by atoms with Crippen molar-refractivity contribution >= 4 is 5.78 Å². The van der Waals surface area contributed by atoms with Gasteiger partial charge in [0.15, 0.2) is 0 Å². The van der Waals surface area contributed by atoms with E-state index in [4.69, 9.17) is 15.2 Å². The molecule has 0 fully saturated rings. The molecule has 1 unspecified atom stereocenters. The first kappa shape index (κ1) is 12.5. The van der Waals surface area contributed by atoms with Gasteiger partial charge in [-0.3, -0.25) is 4.79 Å². The number of benzene rings is 1. The van der Waals surface area contributed by atoms with Crippen molar-refractivity contribution in [2.45, 2.75) is 12.8 Å². The zero-order chi connectivity index (χ0) is 12.1. The highest BCUT2D eigenvalue weighted by molar-refractivity contribution is 5.84. The van der Waals surface area contributed by atoms with Gasteiger partial charge in [-0.25, -0.2) is 0 Å². The van der Waals surface area contributed by atoms with Crippen LogP contribution in [0.15, 0.2) is 18.2 Å². The van der Waals surface area contributed by atoms with E-state index in [1.807, 2.05) is 6.07 Å². The minimum absolute atomic E-state index is 0.0333. The normalized spacial score (nSPS) is 12.0. The summed E-state index contributed by atoms with van der Waals surface area (Å²) in [5.41, 5.74) is 6.40. The van der Waals surface area contributed by atoms with E-state index < -0.39 is 0 Å². The standard InChI is InChI=1S/C12H17NO3/c1-8(14)11(7-13)10-5-4-9(15-2)6-12(10)16-3/h4-6,11H,7,13H2,1-3H3. The van der Waals surface area contributed by atoms with E-state index in [0.717, 1.165) is 5.56 Å². The largest absolute Gasteiger partial charge is 0.497 e. The molecule has 0 heterocycles. The first-order chi connectivity index (χ1) is 7.63. The molecule has 16 heavy (non-hydrogen) atoms. The first-order valence-corrected chi connectivity index (χ1v) is 5.06. The fraction of sp³-hybridized carbons (Fsp3) is 0.417. The summed E-state index contributed by atoms with van der Waals surface area (Å²) in [6, 6.07) is 5.36. The Kier molecular flexibility index (Phi) is 4.31. The van der Waals surface area contributed by atoms with Crippen molar-refractivity contribution in [2.75, 3.05) is 20.8 Å². The molecule has 0 spiro atoms. The van der Waals surface area contributed by atoms with Crippen molar-refractivity contribution in [1.29, 1.82) is 0 Å². The van der Waals surface area contributed by atoms with Crippen LogP contribution in [0.3, 0.4) is 0 Å². The molecule has 4 nitrogen and oxygen atoms in total. The maximum absolute atomic E-state index is 11.4. The average Bonchev–Trinajstić information content (AvgIpc) is 2.29. The van der Waals surface area contributed by atoms with Gasteiger partial charge in [0.2, 0.25) is 0 Å². The Labute approximate surface area is 95.3 Å². The number of Topliss-reactive ketones (excluding diaryl/α,β-unsaturated/α-hetero) is 1. The quantitative estimate of drug-likeness (QED) is 0.818. The first-order valence-electron chi connectivity index (χ1n) is 5.06. The van der Waals surface area contributed by atoms with Crippen LogP contribution in [0.5, 0.6) is 11.5 Å². The van der Waals surface area contributed by atoms with Gasteiger partial charge in [0.1, 0.15) is 17.3 Å². The molecule has 4 heteroatoms. The summed E-state index contributed by atoms with van der Waals surface area (Å²) in [5.74, 6) is 1.04. The molecule has 0 aliphatic rings. The Balaban J connectivity index is 3.16. The molecule has 1 aromatic rings. The third-order valence-corrected chi connectivity index (χ3v) is 2.54. The van der Waals surface area contributed by atoms with Gasteiger partial charge >= 0.3 is 0 Å². The monoisotopic (exact) mass is 223 g/mol. The molecule has 0 aromatic heterocycles. The molecule has 0 saturated heterocycles. The van der Waals surface area contributed by atoms with Crippen LogP contribution in [0.25, 0.3) is 0 Å². The van der Waals surface area contributed by atoms with Gasteiger partial charge in [-0.1, -0.05) is 6.07 Å². The van der Waals surface area contributed by atoms with Crippen molar-refractivity contribution < 1.29 is 14.3 Å². The number of methoxy groups -OCH3 is 2. The number of carbonyl (C=O) groups is 1. The van der Waals surface area contributed by atoms with Crippen LogP contribution in [0.2, 0.25) is 0 Å². The molecule has 0 bridgehead atoms. The molecular weight excluding hydrogens is 206 g/mol. The lowest BCUT2D eigenvalue weighted by molar-refractivity contribution is -0.118. The third-order valence-electron chi connectivity index (χ3n) is 2.54. The maximum Gasteiger partial charge on any atom is 0.138 e. The summed E-state index contributed by atoms with van der Waals surface area (Å²) in [6.45, 7) is 1.80. The van der Waals surface area contributed by atoms with Crippen LogP contribution in [0, 0.1) is 0 Å². The summed E-state index contributed by atoms with van der Waals surface area (Å²) < 4.78 is 10.3. The molecule has 0 amide bonds. The van der Waals surface area contributed by atoms with E-state index in [1.54, 1.807) is 26.4 Å². The van der Waals surface area contributed by atoms with Crippen molar-refractivity contribution in [3.05, 3.63) is 23.8 Å². The molecular formula is C12H17NO3. The lowest BCUT2D eigenvalue weighted by atomic mass is 9.94. The van der Waals surface area contributed by atoms with E-state index in [2.05, 4.69) is 0 Å². The zero-order valence-corrected chi connectivity index (χ0v) is 9.82. The summed E-state index contributed by atoms with van der Waals surface area (Å²) in [7, 11) is 3.14. The second-order valence-electron chi connectivity index (χ2n) is 3.51. The smallest absolute Gasteiger partial charge is 0.138 e. The van der Waals surface area contributed by atoms with Gasteiger partial charge in [0, 0.05) is 18.2 Å². The highest BCUT2D eigenvalue weighted by Gasteiger charge is 2.19. The number of ether oxygens (including phenoxy) is 2. The number of nitrogens with two attached hydrogens (primary N) is 1. The van der Waals surface area contributed by atoms with E-state index in [1.165, 1.54) is 6.92 Å². The average molecular weight is 223 g/mol. The Hall–Kier alpha value is -1.55. The van der Waals surface area contributed by atoms with E-state index in [0.29, 0.717) is 11.5 Å². The Bertz CT molecular complexity index is 377. The van der Waals surface area contributed by atoms with Crippen LogP contribution in [-0.2, 0) is 4.79 Å². The zero-order valence-electron chi connectivity index (χ0n) is 9.82. The molecule has 2 N–H and O–H groups in total. The van der Waals surface area contributed by atoms with E-state index in [9.17, 15) is 4.79 Å². The van der Waals surface area contributed by atoms with Crippen LogP contribution < -0.4 is 15.2 Å². The molecule has 0 aliphatic carbocycles. The molecule has 1 aromatic carbocycles. The number of carbonyl (C=O) groups excluding carboxylic acids is 1. The van der Waals surface area contributed by atoms with Crippen molar-refractivity contribution in [3.8, 4) is 11.5 Å². The number of hydrogen-bond acceptors (Lipinski definition) is 4. The molecule has 0 saturated carbocycles. The summed E-state index contributed by atoms with van der Waals surface area (Å²) >= 11 is 0. The van der Waals surface area contributed by atoms with Gasteiger partial charge < -0.3 is 15.2 Å². The summed E-state index contributed by atoms with van der Waals surface area (Å²) in [6.07, 6.45) is 0. The maximum atomic E-state index is 11.4. The minimum Gasteiger partial charge on any atom is -0.497 e. The second kappa shape index (κ2) is 5.51. The third kappa shape index (κ3) is 2.52. The number of hydrogen-bond donors (Lipinski definition) is 1. The highest BCUT2D eigenvalue weighted by atomic mass is 16.5. The Morgan fingerprint density at radius 3 is 2.50 bits per heavy atom. The van der Waals surface area contributed by atoms with Gasteiger partial charge in [-0.2, -0.15) is 0 Å². The fourth-order valence-electron chi connectivity index (χ4n) is 1.62. The topological polar surface area (TPSA) is 61.5 Å². The van der Waals surface area contributed by atoms with Crippen molar-refractivity contribution in [2.24, 2.45) is 5.73 Å². The van der Waals surface area contributed by atoms with Crippen LogP contribution in [0.1, 0.15) is 18.4 Å². The Morgan fingerprint density at radius 2 is 2.06 bits per heavy atom. The highest BCUT2D eigenvalue weighted by Crippen LogP contribution is 2.30. The van der Waals surface area contributed by atoms with E-state index >= 15 is 0 Å². The summed E-state index contributed by atoms with van der Waals surface area (Å²) in [5, 5.41) is 0. The molecule has 1 atom stereocenters. The van der Waals surface area contributed by atoms with Gasteiger partial charge in [-0.05, 0) is 13.0 Å². The minimum atomic E-state index is -0.319. The molecule has 0 aliphatic heterocycles. The van der Waals surface area contributed by atoms with Gasteiger partial charge in [-0.15, -0.1) is 0 Å². The lowest BCUT2D eigenvalue weighted by Gasteiger charge is -2.16. The van der Waals surface area contributed by atoms with Gasteiger partial charge in [0.05, 0.1) is 20.1 Å². The number of ketones is 1. The second-order valence-corrected chi connectivity index (χ2v) is 3.51. The molecule has 0 radical (unpaired) electrons. The number of rotatable bonds is 5. The molecule has 88 valence electrons. The molecule has 1 rings (SSSR count). The lowest BCUT2D eigenvalue weighted by Crippen LogP contribution is -2.20. The summed E-state index contributed by atoms with van der Waals surface area (Å²) in [4.78, 5) is 11.4. The van der Waals surface area contributed by atoms with Crippen LogP contribution in [-0.4, -0.2) is 26.5 Å².